The zero-order valence-electron chi connectivity index (χ0n) is 21.5. The lowest BCUT2D eigenvalue weighted by Gasteiger charge is -2.16. The highest BCUT2D eigenvalue weighted by atomic mass is 32.2. The number of ketones is 1. The van der Waals surface area contributed by atoms with Crippen LogP contribution in [0, 0.1) is 0 Å². The summed E-state index contributed by atoms with van der Waals surface area (Å²) in [7, 11) is 4.49. The van der Waals surface area contributed by atoms with E-state index in [1.54, 1.807) is 42.7 Å². The van der Waals surface area contributed by atoms with Crippen molar-refractivity contribution in [2.45, 2.75) is 6.61 Å². The van der Waals surface area contributed by atoms with Gasteiger partial charge in [-0.25, -0.2) is 0 Å². The maximum atomic E-state index is 13.4. The molecule has 1 aliphatic heterocycles. The first kappa shape index (κ1) is 26.8. The van der Waals surface area contributed by atoms with E-state index in [1.165, 1.54) is 21.3 Å². The molecule has 0 N–H and O–H groups in total. The Balaban J connectivity index is 1.53. The number of carbonyl (C=O) groups is 3. The standard InChI is InChI=1S/C29H27NO7S/c1-34-22-12-11-20(15-24(22)35-2)26-27(38-4)29(33)30(28(26)32)16-21(31)19-10-13-23(25(14-19)36-3)37-17-18-8-6-5-7-9-18/h5-15H,16-17H2,1-4H3. The van der Waals surface area contributed by atoms with Gasteiger partial charge in [-0.15, -0.1) is 11.8 Å². The maximum Gasteiger partial charge on any atom is 0.268 e. The van der Waals surface area contributed by atoms with Gasteiger partial charge in [0.2, 0.25) is 0 Å². The second kappa shape index (κ2) is 11.9. The van der Waals surface area contributed by atoms with Crippen molar-refractivity contribution in [3.05, 3.63) is 88.3 Å². The van der Waals surface area contributed by atoms with Crippen LogP contribution >= 0.6 is 11.8 Å². The second-order valence-electron chi connectivity index (χ2n) is 8.24. The number of methoxy groups -OCH3 is 3. The first-order valence-electron chi connectivity index (χ1n) is 11.7. The largest absolute Gasteiger partial charge is 0.493 e. The molecule has 0 spiro atoms. The average molecular weight is 534 g/mol. The topological polar surface area (TPSA) is 91.4 Å². The van der Waals surface area contributed by atoms with Crippen LogP contribution in [0.3, 0.4) is 0 Å². The molecule has 0 saturated heterocycles. The van der Waals surface area contributed by atoms with E-state index in [4.69, 9.17) is 18.9 Å². The fraction of sp³-hybridized carbons (Fsp3) is 0.207. The number of nitrogens with zero attached hydrogens (tertiary/aromatic N) is 1. The van der Waals surface area contributed by atoms with Crippen LogP contribution in [0.25, 0.3) is 5.57 Å². The predicted molar refractivity (Wildman–Crippen MR) is 145 cm³/mol. The van der Waals surface area contributed by atoms with Crippen LogP contribution in [-0.2, 0) is 16.2 Å². The molecule has 0 unspecified atom stereocenters. The van der Waals surface area contributed by atoms with E-state index < -0.39 is 24.1 Å². The minimum Gasteiger partial charge on any atom is -0.493 e. The molecular weight excluding hydrogens is 506 g/mol. The van der Waals surface area contributed by atoms with Crippen LogP contribution in [0.15, 0.2) is 71.6 Å². The summed E-state index contributed by atoms with van der Waals surface area (Å²) in [5, 5.41) is 0. The third-order valence-corrected chi connectivity index (χ3v) is 6.81. The number of imide groups is 1. The molecule has 0 saturated carbocycles. The van der Waals surface area contributed by atoms with E-state index in [-0.39, 0.29) is 10.5 Å². The van der Waals surface area contributed by atoms with Crippen LogP contribution in [0.4, 0.5) is 0 Å². The van der Waals surface area contributed by atoms with Crippen molar-refractivity contribution in [3.8, 4) is 23.0 Å². The lowest BCUT2D eigenvalue weighted by Crippen LogP contribution is -2.36. The Hall–Kier alpha value is -4.24. The highest BCUT2D eigenvalue weighted by molar-refractivity contribution is 8.03. The number of amides is 2. The number of rotatable bonds is 11. The zero-order valence-corrected chi connectivity index (χ0v) is 22.3. The Morgan fingerprint density at radius 3 is 2.11 bits per heavy atom. The van der Waals surface area contributed by atoms with Gasteiger partial charge in [0.25, 0.3) is 11.8 Å². The van der Waals surface area contributed by atoms with Crippen LogP contribution in [-0.4, -0.2) is 56.6 Å². The smallest absolute Gasteiger partial charge is 0.268 e. The fourth-order valence-electron chi connectivity index (χ4n) is 4.06. The van der Waals surface area contributed by atoms with E-state index in [0.29, 0.717) is 40.7 Å². The lowest BCUT2D eigenvalue weighted by molar-refractivity contribution is -0.135. The van der Waals surface area contributed by atoms with E-state index in [0.717, 1.165) is 22.2 Å². The second-order valence-corrected chi connectivity index (χ2v) is 9.05. The molecule has 0 bridgehead atoms. The summed E-state index contributed by atoms with van der Waals surface area (Å²) in [4.78, 5) is 40.9. The molecular formula is C29H27NO7S. The number of carbonyl (C=O) groups excluding carboxylic acids is 3. The highest BCUT2D eigenvalue weighted by Gasteiger charge is 2.40. The average Bonchev–Trinajstić information content (AvgIpc) is 3.20. The zero-order chi connectivity index (χ0) is 27.2. The van der Waals surface area contributed by atoms with Crippen molar-refractivity contribution in [2.75, 3.05) is 34.1 Å². The number of benzene rings is 3. The van der Waals surface area contributed by atoms with Gasteiger partial charge < -0.3 is 18.9 Å². The molecule has 0 fully saturated rings. The van der Waals surface area contributed by atoms with Gasteiger partial charge in [-0.05, 0) is 47.7 Å². The highest BCUT2D eigenvalue weighted by Crippen LogP contribution is 2.38. The molecule has 3 aromatic rings. The van der Waals surface area contributed by atoms with E-state index in [1.807, 2.05) is 30.3 Å². The van der Waals surface area contributed by atoms with E-state index in [2.05, 4.69) is 0 Å². The molecule has 1 heterocycles. The summed E-state index contributed by atoms with van der Waals surface area (Å²) < 4.78 is 21.9. The summed E-state index contributed by atoms with van der Waals surface area (Å²) >= 11 is 1.16. The van der Waals surface area contributed by atoms with Crippen molar-refractivity contribution in [1.82, 2.24) is 4.90 Å². The van der Waals surface area contributed by atoms with Gasteiger partial charge in [-0.2, -0.15) is 0 Å². The SMILES string of the molecule is COc1ccc(C2=C(SC)C(=O)N(CC(=O)c3ccc(OCc4ccccc4)c(OC)c3)C2=O)cc1OC. The summed E-state index contributed by atoms with van der Waals surface area (Å²) in [6.07, 6.45) is 1.71. The van der Waals surface area contributed by atoms with Crippen LogP contribution < -0.4 is 18.9 Å². The Kier molecular flexibility index (Phi) is 8.38. The molecule has 1 aliphatic rings. The molecule has 9 heteroatoms. The van der Waals surface area contributed by atoms with Crippen molar-refractivity contribution < 1.29 is 33.3 Å². The van der Waals surface area contributed by atoms with Crippen LogP contribution in [0.2, 0.25) is 0 Å². The molecule has 0 atom stereocenters. The van der Waals surface area contributed by atoms with E-state index in [9.17, 15) is 14.4 Å². The fourth-order valence-corrected chi connectivity index (χ4v) is 4.76. The van der Waals surface area contributed by atoms with Gasteiger partial charge in [-0.3, -0.25) is 19.3 Å². The number of Topliss-reactive ketones (excluding diaryl/α,β-unsaturated/α-hetero) is 1. The molecule has 38 heavy (non-hydrogen) atoms. The minimum atomic E-state index is -0.547. The number of hydrogen-bond donors (Lipinski definition) is 0. The van der Waals surface area contributed by atoms with Crippen molar-refractivity contribution >= 4 is 34.9 Å². The van der Waals surface area contributed by atoms with E-state index >= 15 is 0 Å². The molecule has 3 aromatic carbocycles. The Labute approximate surface area is 225 Å². The van der Waals surface area contributed by atoms with Gasteiger partial charge in [0.1, 0.15) is 6.61 Å². The third kappa shape index (κ3) is 5.38. The molecule has 8 nitrogen and oxygen atoms in total. The normalized spacial score (nSPS) is 13.1. The monoisotopic (exact) mass is 533 g/mol. The van der Waals surface area contributed by atoms with Crippen LogP contribution in [0.5, 0.6) is 23.0 Å². The van der Waals surface area contributed by atoms with Gasteiger partial charge in [0.15, 0.2) is 28.8 Å². The summed E-state index contributed by atoms with van der Waals surface area (Å²) in [6.45, 7) is -0.0742. The number of ether oxygens (including phenoxy) is 4. The van der Waals surface area contributed by atoms with Gasteiger partial charge in [0, 0.05) is 5.56 Å². The van der Waals surface area contributed by atoms with Gasteiger partial charge >= 0.3 is 0 Å². The Bertz CT molecular complexity index is 1400. The third-order valence-electron chi connectivity index (χ3n) is 6.03. The summed E-state index contributed by atoms with van der Waals surface area (Å²) in [5.41, 5.74) is 2.00. The molecule has 196 valence electrons. The van der Waals surface area contributed by atoms with Gasteiger partial charge in [-0.1, -0.05) is 36.4 Å². The van der Waals surface area contributed by atoms with Crippen molar-refractivity contribution in [1.29, 1.82) is 0 Å². The predicted octanol–water partition coefficient (Wildman–Crippen LogP) is 4.62. The summed E-state index contributed by atoms with van der Waals surface area (Å²) in [6, 6.07) is 19.4. The Morgan fingerprint density at radius 2 is 1.45 bits per heavy atom. The minimum absolute atomic E-state index is 0.221. The lowest BCUT2D eigenvalue weighted by atomic mass is 10.1. The number of hydrogen-bond acceptors (Lipinski definition) is 8. The van der Waals surface area contributed by atoms with Crippen molar-refractivity contribution in [2.24, 2.45) is 0 Å². The number of thioether (sulfide) groups is 1. The molecule has 0 aromatic heterocycles. The van der Waals surface area contributed by atoms with Crippen LogP contribution in [0.1, 0.15) is 21.5 Å². The first-order valence-corrected chi connectivity index (χ1v) is 12.9. The quantitative estimate of drug-likeness (QED) is 0.261. The molecule has 0 radical (unpaired) electrons. The first-order chi connectivity index (χ1) is 18.4. The van der Waals surface area contributed by atoms with Crippen molar-refractivity contribution in [3.63, 3.8) is 0 Å². The summed E-state index contributed by atoms with van der Waals surface area (Å²) in [5.74, 6) is 0.299. The maximum absolute atomic E-state index is 13.4. The Morgan fingerprint density at radius 1 is 0.789 bits per heavy atom. The molecule has 0 aliphatic carbocycles. The van der Waals surface area contributed by atoms with Gasteiger partial charge in [0.05, 0.1) is 38.4 Å². The molecule has 4 rings (SSSR count). The molecule has 2 amide bonds.